The molecule has 2 atom stereocenters. The summed E-state index contributed by atoms with van der Waals surface area (Å²) in [6.45, 7) is 1.98. The molecule has 3 amide bonds. The Hall–Kier alpha value is -2.48. The van der Waals surface area contributed by atoms with Crippen LogP contribution in [0.25, 0.3) is 0 Å². The molecular formula is C16H21N5O3. The summed E-state index contributed by atoms with van der Waals surface area (Å²) in [5, 5.41) is 8.62. The molecule has 8 nitrogen and oxygen atoms in total. The quantitative estimate of drug-likeness (QED) is 0.652. The summed E-state index contributed by atoms with van der Waals surface area (Å²) in [4.78, 5) is 42.2. The number of carbonyl (C=O) groups is 3. The van der Waals surface area contributed by atoms with Crippen molar-refractivity contribution in [2.45, 2.75) is 24.9 Å². The first-order valence-electron chi connectivity index (χ1n) is 8.16. The van der Waals surface area contributed by atoms with Crippen LogP contribution < -0.4 is 16.0 Å². The number of nitrogens with zero attached hydrogens (tertiary/aromatic N) is 2. The molecule has 24 heavy (non-hydrogen) atoms. The summed E-state index contributed by atoms with van der Waals surface area (Å²) in [6.07, 6.45) is 4.62. The molecular weight excluding hydrogens is 310 g/mol. The topological polar surface area (TPSA) is 103 Å². The lowest BCUT2D eigenvalue weighted by molar-refractivity contribution is -0.131. The molecule has 3 N–H and O–H groups in total. The predicted molar refractivity (Wildman–Crippen MR) is 86.1 cm³/mol. The van der Waals surface area contributed by atoms with Crippen LogP contribution in [0.4, 0.5) is 0 Å². The maximum absolute atomic E-state index is 12.5. The highest BCUT2D eigenvalue weighted by Gasteiger charge is 2.31. The summed E-state index contributed by atoms with van der Waals surface area (Å²) in [6, 6.07) is 2.41. The Labute approximate surface area is 140 Å². The van der Waals surface area contributed by atoms with Crippen LogP contribution in [0, 0.1) is 0 Å². The average molecular weight is 331 g/mol. The Morgan fingerprint density at radius 3 is 2.96 bits per heavy atom. The summed E-state index contributed by atoms with van der Waals surface area (Å²) < 4.78 is 0. The molecule has 0 saturated carbocycles. The Kier molecular flexibility index (Phi) is 5.05. The lowest BCUT2D eigenvalue weighted by Gasteiger charge is -2.34. The van der Waals surface area contributed by atoms with E-state index in [1.807, 2.05) is 0 Å². The Morgan fingerprint density at radius 1 is 1.33 bits per heavy atom. The molecule has 3 heterocycles. The molecule has 0 spiro atoms. The van der Waals surface area contributed by atoms with Crippen LogP contribution in [0.1, 0.15) is 23.2 Å². The van der Waals surface area contributed by atoms with Crippen LogP contribution in [0.5, 0.6) is 0 Å². The first kappa shape index (κ1) is 16.4. The third-order valence-electron chi connectivity index (χ3n) is 4.29. The highest BCUT2D eigenvalue weighted by molar-refractivity contribution is 5.95. The van der Waals surface area contributed by atoms with E-state index in [1.54, 1.807) is 23.2 Å². The van der Waals surface area contributed by atoms with E-state index >= 15 is 0 Å². The fourth-order valence-electron chi connectivity index (χ4n) is 2.96. The molecule has 2 aliphatic heterocycles. The molecule has 2 saturated heterocycles. The van der Waals surface area contributed by atoms with Crippen molar-refractivity contribution in [3.8, 4) is 0 Å². The molecule has 0 radical (unpaired) electrons. The number of nitrogens with one attached hydrogen (secondary N) is 3. The van der Waals surface area contributed by atoms with Gasteiger partial charge in [-0.15, -0.1) is 0 Å². The smallest absolute Gasteiger partial charge is 0.255 e. The second kappa shape index (κ2) is 7.39. The van der Waals surface area contributed by atoms with Crippen molar-refractivity contribution >= 4 is 17.7 Å². The maximum atomic E-state index is 12.5. The van der Waals surface area contributed by atoms with E-state index in [4.69, 9.17) is 0 Å². The molecule has 8 heteroatoms. The number of piperidine rings is 1. The third-order valence-corrected chi connectivity index (χ3v) is 4.29. The molecule has 0 unspecified atom stereocenters. The monoisotopic (exact) mass is 331 g/mol. The van der Waals surface area contributed by atoms with Gasteiger partial charge < -0.3 is 20.9 Å². The van der Waals surface area contributed by atoms with Gasteiger partial charge in [-0.25, -0.2) is 0 Å². The van der Waals surface area contributed by atoms with Gasteiger partial charge in [0, 0.05) is 38.6 Å². The number of pyridine rings is 1. The minimum absolute atomic E-state index is 0.141. The van der Waals surface area contributed by atoms with E-state index < -0.39 is 12.1 Å². The van der Waals surface area contributed by atoms with Gasteiger partial charge in [-0.3, -0.25) is 19.4 Å². The highest BCUT2D eigenvalue weighted by atomic mass is 16.2. The van der Waals surface area contributed by atoms with Gasteiger partial charge in [0.2, 0.25) is 11.8 Å². The van der Waals surface area contributed by atoms with Gasteiger partial charge in [-0.2, -0.15) is 0 Å². The molecule has 2 fully saturated rings. The molecule has 1 aromatic rings. The summed E-state index contributed by atoms with van der Waals surface area (Å²) in [5.41, 5.74) is 0.505. The Balaban J connectivity index is 1.59. The molecule has 128 valence electrons. The number of aromatic nitrogens is 1. The zero-order chi connectivity index (χ0) is 16.9. The molecule has 0 aliphatic carbocycles. The van der Waals surface area contributed by atoms with Gasteiger partial charge in [0.05, 0.1) is 5.56 Å². The number of rotatable bonds is 3. The normalized spacial score (nSPS) is 24.2. The van der Waals surface area contributed by atoms with Crippen molar-refractivity contribution in [3.05, 3.63) is 30.1 Å². The van der Waals surface area contributed by atoms with Crippen LogP contribution in [0.2, 0.25) is 0 Å². The SMILES string of the molecule is O=C(N[C@H]1CCCNC1=O)[C@@H]1CN(C(=O)c2cccnc2)CCN1. The number of hydrogen-bond donors (Lipinski definition) is 3. The molecule has 0 aromatic carbocycles. The van der Waals surface area contributed by atoms with Gasteiger partial charge >= 0.3 is 0 Å². The van der Waals surface area contributed by atoms with Gasteiger partial charge in [0.15, 0.2) is 0 Å². The average Bonchev–Trinajstić information content (AvgIpc) is 2.64. The van der Waals surface area contributed by atoms with Crippen molar-refractivity contribution in [2.75, 3.05) is 26.2 Å². The van der Waals surface area contributed by atoms with Crippen LogP contribution in [0.15, 0.2) is 24.5 Å². The molecule has 1 aromatic heterocycles. The van der Waals surface area contributed by atoms with Gasteiger partial charge in [0.1, 0.15) is 12.1 Å². The van der Waals surface area contributed by atoms with E-state index in [2.05, 4.69) is 20.9 Å². The number of carbonyl (C=O) groups excluding carboxylic acids is 3. The van der Waals surface area contributed by atoms with Crippen molar-refractivity contribution in [1.82, 2.24) is 25.8 Å². The molecule has 2 aliphatic rings. The largest absolute Gasteiger partial charge is 0.354 e. The second-order valence-corrected chi connectivity index (χ2v) is 5.99. The van der Waals surface area contributed by atoms with Gasteiger partial charge in [-0.1, -0.05) is 0 Å². The Bertz CT molecular complexity index is 621. The van der Waals surface area contributed by atoms with Crippen LogP contribution in [-0.4, -0.2) is 65.9 Å². The van der Waals surface area contributed by atoms with Gasteiger partial charge in [0.25, 0.3) is 5.91 Å². The maximum Gasteiger partial charge on any atom is 0.255 e. The predicted octanol–water partition coefficient (Wildman–Crippen LogP) is -1.11. The number of piperazine rings is 1. The third kappa shape index (κ3) is 3.70. The van der Waals surface area contributed by atoms with E-state index in [0.29, 0.717) is 31.6 Å². The number of hydrogen-bond acceptors (Lipinski definition) is 5. The van der Waals surface area contributed by atoms with Crippen molar-refractivity contribution in [3.63, 3.8) is 0 Å². The second-order valence-electron chi connectivity index (χ2n) is 5.99. The minimum atomic E-state index is -0.519. The first-order valence-corrected chi connectivity index (χ1v) is 8.16. The first-order chi connectivity index (χ1) is 11.6. The van der Waals surface area contributed by atoms with E-state index in [-0.39, 0.29) is 24.3 Å². The summed E-state index contributed by atoms with van der Waals surface area (Å²) in [5.74, 6) is -0.535. The Morgan fingerprint density at radius 2 is 2.21 bits per heavy atom. The number of amides is 3. The van der Waals surface area contributed by atoms with Crippen LogP contribution in [-0.2, 0) is 9.59 Å². The van der Waals surface area contributed by atoms with E-state index in [9.17, 15) is 14.4 Å². The summed E-state index contributed by atoms with van der Waals surface area (Å²) >= 11 is 0. The molecule has 0 bridgehead atoms. The lowest BCUT2D eigenvalue weighted by Crippen LogP contribution is -2.61. The van der Waals surface area contributed by atoms with Crippen molar-refractivity contribution in [1.29, 1.82) is 0 Å². The van der Waals surface area contributed by atoms with Crippen LogP contribution in [0.3, 0.4) is 0 Å². The van der Waals surface area contributed by atoms with Crippen molar-refractivity contribution < 1.29 is 14.4 Å². The zero-order valence-corrected chi connectivity index (χ0v) is 13.3. The lowest BCUT2D eigenvalue weighted by atomic mass is 10.1. The zero-order valence-electron chi connectivity index (χ0n) is 13.3. The van der Waals surface area contributed by atoms with Gasteiger partial charge in [-0.05, 0) is 25.0 Å². The summed E-state index contributed by atoms with van der Waals surface area (Å²) in [7, 11) is 0. The fourth-order valence-corrected chi connectivity index (χ4v) is 2.96. The van der Waals surface area contributed by atoms with E-state index in [1.165, 1.54) is 6.20 Å². The van der Waals surface area contributed by atoms with E-state index in [0.717, 1.165) is 6.42 Å². The fraction of sp³-hybridized carbons (Fsp3) is 0.500. The molecule has 3 rings (SSSR count). The minimum Gasteiger partial charge on any atom is -0.354 e. The van der Waals surface area contributed by atoms with Crippen LogP contribution >= 0.6 is 0 Å². The van der Waals surface area contributed by atoms with Crippen molar-refractivity contribution in [2.24, 2.45) is 0 Å². The standard InChI is InChI=1S/C16H21N5O3/c22-14-12(4-2-6-19-14)20-15(23)13-10-21(8-7-18-13)16(24)11-3-1-5-17-9-11/h1,3,5,9,12-13,18H,2,4,6-8,10H2,(H,19,22)(H,20,23)/t12-,13-/m0/s1. The highest BCUT2D eigenvalue weighted by Crippen LogP contribution is 2.08.